The molecule has 2 aliphatic heterocycles. The molecule has 2 fully saturated rings. The number of hydrogen-bond donors (Lipinski definition) is 1. The average molecular weight is 242 g/mol. The Balaban J connectivity index is 2.01. The summed E-state index contributed by atoms with van der Waals surface area (Å²) in [6, 6.07) is 1.60. The first-order chi connectivity index (χ1) is 7.62. The van der Waals surface area contributed by atoms with E-state index >= 15 is 0 Å². The molecular formula is C13H26N2S. The van der Waals surface area contributed by atoms with Gasteiger partial charge in [-0.15, -0.1) is 0 Å². The van der Waals surface area contributed by atoms with E-state index in [1.54, 1.807) is 0 Å². The molecule has 2 nitrogen and oxygen atoms in total. The molecule has 2 aliphatic rings. The summed E-state index contributed by atoms with van der Waals surface area (Å²) in [5.41, 5.74) is 0.299. The van der Waals surface area contributed by atoms with E-state index in [9.17, 15) is 0 Å². The van der Waals surface area contributed by atoms with Crippen LogP contribution in [-0.2, 0) is 0 Å². The molecule has 0 aromatic rings. The van der Waals surface area contributed by atoms with Gasteiger partial charge in [-0.05, 0) is 38.9 Å². The summed E-state index contributed by atoms with van der Waals surface area (Å²) < 4.78 is 0. The zero-order valence-electron chi connectivity index (χ0n) is 11.0. The lowest BCUT2D eigenvalue weighted by Gasteiger charge is -2.48. The van der Waals surface area contributed by atoms with Crippen LogP contribution < -0.4 is 5.32 Å². The third-order valence-electron chi connectivity index (χ3n) is 3.94. The van der Waals surface area contributed by atoms with E-state index in [4.69, 9.17) is 0 Å². The third-order valence-corrected chi connectivity index (χ3v) is 5.14. The molecule has 2 rings (SSSR count). The fraction of sp³-hybridized carbons (Fsp3) is 1.00. The van der Waals surface area contributed by atoms with Gasteiger partial charge in [-0.3, -0.25) is 4.90 Å². The summed E-state index contributed by atoms with van der Waals surface area (Å²) in [6.07, 6.45) is 4.11. The van der Waals surface area contributed by atoms with E-state index in [0.29, 0.717) is 5.54 Å². The Morgan fingerprint density at radius 3 is 2.88 bits per heavy atom. The van der Waals surface area contributed by atoms with Gasteiger partial charge >= 0.3 is 0 Å². The summed E-state index contributed by atoms with van der Waals surface area (Å²) in [5, 5.41) is 3.68. The highest BCUT2D eigenvalue weighted by molar-refractivity contribution is 7.99. The van der Waals surface area contributed by atoms with Crippen LogP contribution in [0.1, 0.15) is 40.0 Å². The summed E-state index contributed by atoms with van der Waals surface area (Å²) in [6.45, 7) is 9.39. The molecule has 94 valence electrons. The van der Waals surface area contributed by atoms with Crippen LogP contribution >= 0.6 is 11.8 Å². The lowest BCUT2D eigenvalue weighted by Crippen LogP contribution is -2.64. The number of hydrogen-bond acceptors (Lipinski definition) is 3. The molecule has 16 heavy (non-hydrogen) atoms. The Bertz CT molecular complexity index is 224. The van der Waals surface area contributed by atoms with Crippen molar-refractivity contribution in [3.63, 3.8) is 0 Å². The van der Waals surface area contributed by atoms with Gasteiger partial charge in [0.25, 0.3) is 0 Å². The number of piperazine rings is 1. The maximum Gasteiger partial charge on any atom is 0.0253 e. The average Bonchev–Trinajstić information content (AvgIpc) is 2.29. The molecule has 0 aromatic heterocycles. The summed E-state index contributed by atoms with van der Waals surface area (Å²) in [5.74, 6) is 2.73. The van der Waals surface area contributed by atoms with Gasteiger partial charge in [0.05, 0.1) is 0 Å². The van der Waals surface area contributed by atoms with Crippen molar-refractivity contribution in [2.75, 3.05) is 24.6 Å². The van der Waals surface area contributed by atoms with Crippen molar-refractivity contribution in [1.82, 2.24) is 10.2 Å². The first kappa shape index (κ1) is 12.7. The molecule has 0 aliphatic carbocycles. The zero-order valence-corrected chi connectivity index (χ0v) is 11.8. The molecule has 2 saturated heterocycles. The second-order valence-corrected chi connectivity index (χ2v) is 7.02. The predicted molar refractivity (Wildman–Crippen MR) is 73.2 cm³/mol. The molecule has 0 spiro atoms. The molecular weight excluding hydrogens is 216 g/mol. The second-order valence-electron chi connectivity index (χ2n) is 5.87. The molecule has 1 N–H and O–H groups in total. The maximum absolute atomic E-state index is 3.68. The number of nitrogens with one attached hydrogen (secondary N) is 1. The molecule has 2 heterocycles. The Kier molecular flexibility index (Phi) is 4.20. The van der Waals surface area contributed by atoms with Gasteiger partial charge in [0.1, 0.15) is 0 Å². The van der Waals surface area contributed by atoms with Crippen molar-refractivity contribution < 1.29 is 0 Å². The first-order valence-corrected chi connectivity index (χ1v) is 7.86. The molecule has 0 amide bonds. The second kappa shape index (κ2) is 5.28. The van der Waals surface area contributed by atoms with E-state index < -0.39 is 0 Å². The Morgan fingerprint density at radius 1 is 1.44 bits per heavy atom. The van der Waals surface area contributed by atoms with Gasteiger partial charge in [0.2, 0.25) is 0 Å². The lowest BCUT2D eigenvalue weighted by atomic mass is 9.95. The highest BCUT2D eigenvalue weighted by atomic mass is 32.2. The predicted octanol–water partition coefficient (Wildman–Crippen LogP) is 2.34. The van der Waals surface area contributed by atoms with Gasteiger partial charge in [0, 0.05) is 36.5 Å². The van der Waals surface area contributed by atoms with Crippen LogP contribution in [0.15, 0.2) is 0 Å². The zero-order chi connectivity index (χ0) is 11.6. The minimum Gasteiger partial charge on any atom is -0.309 e. The molecule has 0 radical (unpaired) electrons. The normalized spacial score (nSPS) is 36.2. The van der Waals surface area contributed by atoms with Crippen molar-refractivity contribution in [3.8, 4) is 0 Å². The lowest BCUT2D eigenvalue weighted by molar-refractivity contribution is 0.0557. The highest BCUT2D eigenvalue weighted by Gasteiger charge is 2.35. The number of thioether (sulfide) groups is 1. The maximum atomic E-state index is 3.68. The van der Waals surface area contributed by atoms with E-state index in [1.807, 2.05) is 0 Å². The summed E-state index contributed by atoms with van der Waals surface area (Å²) >= 11 is 2.15. The van der Waals surface area contributed by atoms with Crippen molar-refractivity contribution in [2.45, 2.75) is 57.7 Å². The first-order valence-electron chi connectivity index (χ1n) is 6.71. The van der Waals surface area contributed by atoms with Gasteiger partial charge < -0.3 is 5.32 Å². The standard InChI is InChI=1S/C13H26N2S/c1-4-11-8-14-13(2,3)10-15(11)12-6-5-7-16-9-12/h11-12,14H,4-10H2,1-3H3. The van der Waals surface area contributed by atoms with Gasteiger partial charge in [0.15, 0.2) is 0 Å². The van der Waals surface area contributed by atoms with Crippen LogP contribution in [0.4, 0.5) is 0 Å². The van der Waals surface area contributed by atoms with Crippen LogP contribution in [0.3, 0.4) is 0 Å². The van der Waals surface area contributed by atoms with Crippen LogP contribution in [0, 0.1) is 0 Å². The monoisotopic (exact) mass is 242 g/mol. The van der Waals surface area contributed by atoms with E-state index in [2.05, 4.69) is 42.7 Å². The summed E-state index contributed by atoms with van der Waals surface area (Å²) in [7, 11) is 0. The van der Waals surface area contributed by atoms with Crippen LogP contribution in [0.5, 0.6) is 0 Å². The molecule has 2 unspecified atom stereocenters. The Morgan fingerprint density at radius 2 is 2.25 bits per heavy atom. The fourth-order valence-corrected chi connectivity index (χ4v) is 4.11. The SMILES string of the molecule is CCC1CNC(C)(C)CN1C1CCCSC1. The van der Waals surface area contributed by atoms with Gasteiger partial charge in [-0.25, -0.2) is 0 Å². The van der Waals surface area contributed by atoms with Crippen molar-refractivity contribution in [3.05, 3.63) is 0 Å². The molecule has 3 heteroatoms. The Labute approximate surface area is 105 Å². The van der Waals surface area contributed by atoms with E-state index in [-0.39, 0.29) is 0 Å². The van der Waals surface area contributed by atoms with Crippen molar-refractivity contribution in [2.24, 2.45) is 0 Å². The van der Waals surface area contributed by atoms with Crippen LogP contribution in [0.2, 0.25) is 0 Å². The van der Waals surface area contributed by atoms with Crippen molar-refractivity contribution >= 4 is 11.8 Å². The number of rotatable bonds is 2. The smallest absolute Gasteiger partial charge is 0.0253 e. The molecule has 0 bridgehead atoms. The highest BCUT2D eigenvalue weighted by Crippen LogP contribution is 2.27. The van der Waals surface area contributed by atoms with Crippen LogP contribution in [-0.4, -0.2) is 47.1 Å². The minimum atomic E-state index is 0.299. The van der Waals surface area contributed by atoms with E-state index in [1.165, 1.54) is 43.9 Å². The van der Waals surface area contributed by atoms with Crippen molar-refractivity contribution in [1.29, 1.82) is 0 Å². The van der Waals surface area contributed by atoms with E-state index in [0.717, 1.165) is 12.1 Å². The topological polar surface area (TPSA) is 15.3 Å². The quantitative estimate of drug-likeness (QED) is 0.800. The fourth-order valence-electron chi connectivity index (χ4n) is 2.94. The van der Waals surface area contributed by atoms with Gasteiger partial charge in [-0.2, -0.15) is 11.8 Å². The largest absolute Gasteiger partial charge is 0.309 e. The van der Waals surface area contributed by atoms with Crippen LogP contribution in [0.25, 0.3) is 0 Å². The molecule has 0 aromatic carbocycles. The molecule has 0 saturated carbocycles. The Hall–Kier alpha value is 0.270. The van der Waals surface area contributed by atoms with Gasteiger partial charge in [-0.1, -0.05) is 6.92 Å². The number of nitrogens with zero attached hydrogens (tertiary/aromatic N) is 1. The molecule has 2 atom stereocenters. The third kappa shape index (κ3) is 2.93. The summed E-state index contributed by atoms with van der Waals surface area (Å²) in [4.78, 5) is 2.79. The minimum absolute atomic E-state index is 0.299.